The van der Waals surface area contributed by atoms with Crippen LogP contribution in [0.5, 0.6) is 5.75 Å². The number of nitriles is 1. The number of aliphatic hydroxyl groups is 1. The average molecular weight is 331 g/mol. The Morgan fingerprint density at radius 2 is 2.10 bits per heavy atom. The van der Waals surface area contributed by atoms with Gasteiger partial charge in [-0.25, -0.2) is 0 Å². The Morgan fingerprint density at radius 3 is 2.67 bits per heavy atom. The van der Waals surface area contributed by atoms with E-state index in [0.29, 0.717) is 28.9 Å². The van der Waals surface area contributed by atoms with Gasteiger partial charge in [-0.1, -0.05) is 30.1 Å². The van der Waals surface area contributed by atoms with Crippen molar-refractivity contribution in [2.24, 2.45) is 5.92 Å². The molecule has 0 radical (unpaired) electrons. The minimum atomic E-state index is -0.650. The third-order valence-corrected chi connectivity index (χ3v) is 3.52. The largest absolute Gasteiger partial charge is 0.489 e. The van der Waals surface area contributed by atoms with Gasteiger partial charge in [-0.3, -0.25) is 4.90 Å². The molecule has 0 aliphatic carbocycles. The van der Waals surface area contributed by atoms with E-state index in [1.165, 1.54) is 0 Å². The highest BCUT2D eigenvalue weighted by Crippen LogP contribution is 2.27. The van der Waals surface area contributed by atoms with E-state index >= 15 is 0 Å². The molecule has 0 fully saturated rings. The second kappa shape index (κ2) is 9.11. The molecule has 2 unspecified atom stereocenters. The van der Waals surface area contributed by atoms with Crippen LogP contribution in [0.25, 0.3) is 0 Å². The smallest absolute Gasteiger partial charge is 0.138 e. The Labute approximate surface area is 135 Å². The van der Waals surface area contributed by atoms with Gasteiger partial charge in [-0.15, -0.1) is 0 Å². The van der Waals surface area contributed by atoms with Crippen LogP contribution >= 0.6 is 23.2 Å². The maximum Gasteiger partial charge on any atom is 0.138 e. The maximum absolute atomic E-state index is 10.0. The molecule has 0 spiro atoms. The minimum Gasteiger partial charge on any atom is -0.489 e. The first-order chi connectivity index (χ1) is 9.96. The molecule has 6 heteroatoms. The number of nitrogens with zero attached hydrogens (tertiary/aromatic N) is 2. The van der Waals surface area contributed by atoms with Gasteiger partial charge in [0.25, 0.3) is 0 Å². The first-order valence-electron chi connectivity index (χ1n) is 6.84. The van der Waals surface area contributed by atoms with Crippen molar-refractivity contribution in [2.75, 3.05) is 26.2 Å². The molecule has 0 aliphatic heterocycles. The van der Waals surface area contributed by atoms with Crippen molar-refractivity contribution < 1.29 is 9.84 Å². The van der Waals surface area contributed by atoms with E-state index in [4.69, 9.17) is 33.2 Å². The molecule has 21 heavy (non-hydrogen) atoms. The Morgan fingerprint density at radius 1 is 1.38 bits per heavy atom. The van der Waals surface area contributed by atoms with Crippen LogP contribution < -0.4 is 4.74 Å². The lowest BCUT2D eigenvalue weighted by molar-refractivity contribution is 0.0676. The number of ether oxygens (including phenoxy) is 1. The summed E-state index contributed by atoms with van der Waals surface area (Å²) >= 11 is 11.8. The topological polar surface area (TPSA) is 56.5 Å². The molecule has 0 bridgehead atoms. The van der Waals surface area contributed by atoms with Crippen molar-refractivity contribution in [1.82, 2.24) is 4.90 Å². The highest BCUT2D eigenvalue weighted by Gasteiger charge is 2.14. The van der Waals surface area contributed by atoms with Crippen molar-refractivity contribution in [3.05, 3.63) is 28.2 Å². The molecule has 0 heterocycles. The van der Waals surface area contributed by atoms with Crippen LogP contribution in [0.1, 0.15) is 13.8 Å². The summed E-state index contributed by atoms with van der Waals surface area (Å²) in [7, 11) is 0. The Balaban J connectivity index is 2.45. The molecular formula is C15H20Cl2N2O2. The van der Waals surface area contributed by atoms with Crippen molar-refractivity contribution in [2.45, 2.75) is 20.0 Å². The monoisotopic (exact) mass is 330 g/mol. The first kappa shape index (κ1) is 18.1. The summed E-state index contributed by atoms with van der Waals surface area (Å²) in [4.78, 5) is 2.02. The number of halogens is 2. The standard InChI is InChI=1S/C15H20Cl2N2O2/c1-3-19(8-11(2)7-18)9-13(20)10-21-15-5-4-12(16)6-14(15)17/h4-6,11,13,20H,3,8-10H2,1-2H3. The highest BCUT2D eigenvalue weighted by atomic mass is 35.5. The van der Waals surface area contributed by atoms with E-state index in [9.17, 15) is 5.11 Å². The van der Waals surface area contributed by atoms with E-state index in [1.54, 1.807) is 18.2 Å². The van der Waals surface area contributed by atoms with Gasteiger partial charge in [0.2, 0.25) is 0 Å². The fourth-order valence-electron chi connectivity index (χ4n) is 1.89. The van der Waals surface area contributed by atoms with Gasteiger partial charge in [-0.05, 0) is 31.7 Å². The van der Waals surface area contributed by atoms with Crippen LogP contribution in [0.3, 0.4) is 0 Å². The summed E-state index contributed by atoms with van der Waals surface area (Å²) in [6, 6.07) is 7.14. The van der Waals surface area contributed by atoms with Gasteiger partial charge >= 0.3 is 0 Å². The quantitative estimate of drug-likeness (QED) is 0.795. The average Bonchev–Trinajstić information content (AvgIpc) is 2.45. The molecule has 0 saturated heterocycles. The van der Waals surface area contributed by atoms with Crippen LogP contribution in [0.2, 0.25) is 10.0 Å². The zero-order valence-corrected chi connectivity index (χ0v) is 13.7. The predicted molar refractivity (Wildman–Crippen MR) is 84.9 cm³/mol. The maximum atomic E-state index is 10.0. The lowest BCUT2D eigenvalue weighted by Crippen LogP contribution is -2.37. The van der Waals surface area contributed by atoms with Gasteiger partial charge in [0, 0.05) is 18.1 Å². The highest BCUT2D eigenvalue weighted by molar-refractivity contribution is 6.35. The molecule has 0 amide bonds. The Hall–Kier alpha value is -0.990. The number of benzene rings is 1. The molecule has 1 aromatic carbocycles. The molecule has 116 valence electrons. The zero-order chi connectivity index (χ0) is 15.8. The van der Waals surface area contributed by atoms with Gasteiger partial charge in [0.15, 0.2) is 0 Å². The molecule has 1 aromatic rings. The molecule has 1 rings (SSSR count). The molecule has 4 nitrogen and oxygen atoms in total. The first-order valence-corrected chi connectivity index (χ1v) is 7.59. The van der Waals surface area contributed by atoms with E-state index in [1.807, 2.05) is 18.7 Å². The van der Waals surface area contributed by atoms with E-state index in [2.05, 4.69) is 6.07 Å². The summed E-state index contributed by atoms with van der Waals surface area (Å²) in [5, 5.41) is 19.8. The second-order valence-corrected chi connectivity index (χ2v) is 5.77. The van der Waals surface area contributed by atoms with Crippen LogP contribution in [0.4, 0.5) is 0 Å². The van der Waals surface area contributed by atoms with Crippen molar-refractivity contribution in [1.29, 1.82) is 5.26 Å². The minimum absolute atomic E-state index is 0.0659. The molecule has 0 aliphatic rings. The predicted octanol–water partition coefficient (Wildman–Crippen LogP) is 3.21. The third kappa shape index (κ3) is 6.54. The summed E-state index contributed by atoms with van der Waals surface area (Å²) in [5.41, 5.74) is 0. The number of likely N-dealkylation sites (N-methyl/N-ethyl adjacent to an activating group) is 1. The summed E-state index contributed by atoms with van der Waals surface area (Å²) < 4.78 is 5.50. The number of aliphatic hydroxyl groups excluding tert-OH is 1. The summed E-state index contributed by atoms with van der Waals surface area (Å²) in [6.07, 6.45) is -0.650. The molecule has 2 atom stereocenters. The summed E-state index contributed by atoms with van der Waals surface area (Å²) in [6.45, 7) is 5.84. The number of hydrogen-bond acceptors (Lipinski definition) is 4. The van der Waals surface area contributed by atoms with Crippen LogP contribution in [0, 0.1) is 17.2 Å². The fourth-order valence-corrected chi connectivity index (χ4v) is 2.35. The molecular weight excluding hydrogens is 311 g/mol. The molecule has 0 aromatic heterocycles. The van der Waals surface area contributed by atoms with Gasteiger partial charge in [0.05, 0.1) is 17.0 Å². The van der Waals surface area contributed by atoms with Crippen LogP contribution in [-0.4, -0.2) is 42.4 Å². The zero-order valence-electron chi connectivity index (χ0n) is 12.2. The second-order valence-electron chi connectivity index (χ2n) is 4.92. The lowest BCUT2D eigenvalue weighted by Gasteiger charge is -2.24. The summed E-state index contributed by atoms with van der Waals surface area (Å²) in [5.74, 6) is 0.428. The number of hydrogen-bond donors (Lipinski definition) is 1. The Kier molecular flexibility index (Phi) is 7.84. The van der Waals surface area contributed by atoms with Gasteiger partial charge in [-0.2, -0.15) is 5.26 Å². The SMILES string of the molecule is CCN(CC(C)C#N)CC(O)COc1ccc(Cl)cc1Cl. The van der Waals surface area contributed by atoms with Gasteiger partial charge < -0.3 is 9.84 Å². The van der Waals surface area contributed by atoms with Crippen LogP contribution in [0.15, 0.2) is 18.2 Å². The molecule has 0 saturated carbocycles. The van der Waals surface area contributed by atoms with E-state index in [-0.39, 0.29) is 12.5 Å². The third-order valence-electron chi connectivity index (χ3n) is 2.99. The molecule has 1 N–H and O–H groups in total. The van der Waals surface area contributed by atoms with E-state index < -0.39 is 6.10 Å². The van der Waals surface area contributed by atoms with E-state index in [0.717, 1.165) is 6.54 Å². The van der Waals surface area contributed by atoms with Crippen molar-refractivity contribution >= 4 is 23.2 Å². The van der Waals surface area contributed by atoms with Gasteiger partial charge in [0.1, 0.15) is 18.5 Å². The Bertz CT molecular complexity index is 491. The van der Waals surface area contributed by atoms with Crippen molar-refractivity contribution in [3.8, 4) is 11.8 Å². The fraction of sp³-hybridized carbons (Fsp3) is 0.533. The van der Waals surface area contributed by atoms with Crippen LogP contribution in [-0.2, 0) is 0 Å². The van der Waals surface area contributed by atoms with Crippen molar-refractivity contribution in [3.63, 3.8) is 0 Å². The normalized spacial score (nSPS) is 13.8. The lowest BCUT2D eigenvalue weighted by atomic mass is 10.2. The number of rotatable bonds is 8.